The summed E-state index contributed by atoms with van der Waals surface area (Å²) >= 11 is 0. The molecule has 0 aliphatic heterocycles. The molecule has 0 radical (unpaired) electrons. The van der Waals surface area contributed by atoms with Gasteiger partial charge in [0.25, 0.3) is 0 Å². The second-order valence-electron chi connectivity index (χ2n) is 4.40. The van der Waals surface area contributed by atoms with Gasteiger partial charge in [0.1, 0.15) is 0 Å². The Bertz CT molecular complexity index is 572. The van der Waals surface area contributed by atoms with Gasteiger partial charge in [-0.1, -0.05) is 24.3 Å². The molecule has 0 aliphatic rings. The molecule has 0 saturated heterocycles. The number of benzene rings is 2. The van der Waals surface area contributed by atoms with Crippen molar-refractivity contribution in [3.05, 3.63) is 65.2 Å². The first-order valence-corrected chi connectivity index (χ1v) is 6.01. The Morgan fingerprint density at radius 1 is 1.11 bits per heavy atom. The molecule has 2 N–H and O–H groups in total. The molecule has 0 saturated carbocycles. The SMILES string of the molecule is CC(Nc1ccc(F)c(F)c1)c1cccc(CO)c1. The average molecular weight is 263 g/mol. The maximum absolute atomic E-state index is 13.1. The van der Waals surface area contributed by atoms with Crippen LogP contribution in [0.15, 0.2) is 42.5 Å². The summed E-state index contributed by atoms with van der Waals surface area (Å²) in [5.41, 5.74) is 2.30. The van der Waals surface area contributed by atoms with E-state index >= 15 is 0 Å². The van der Waals surface area contributed by atoms with Gasteiger partial charge in [0, 0.05) is 17.8 Å². The van der Waals surface area contributed by atoms with E-state index in [0.717, 1.165) is 23.3 Å². The van der Waals surface area contributed by atoms with Gasteiger partial charge >= 0.3 is 0 Å². The van der Waals surface area contributed by atoms with E-state index < -0.39 is 11.6 Å². The smallest absolute Gasteiger partial charge is 0.160 e. The Kier molecular flexibility index (Phi) is 4.12. The summed E-state index contributed by atoms with van der Waals surface area (Å²) in [5, 5.41) is 12.2. The highest BCUT2D eigenvalue weighted by Crippen LogP contribution is 2.21. The van der Waals surface area contributed by atoms with Crippen molar-refractivity contribution < 1.29 is 13.9 Å². The van der Waals surface area contributed by atoms with Crippen LogP contribution in [-0.4, -0.2) is 5.11 Å². The molecule has 0 fully saturated rings. The van der Waals surface area contributed by atoms with Crippen LogP contribution in [0, 0.1) is 11.6 Å². The molecule has 1 atom stereocenters. The maximum Gasteiger partial charge on any atom is 0.160 e. The van der Waals surface area contributed by atoms with Crippen LogP contribution in [0.25, 0.3) is 0 Å². The average Bonchev–Trinajstić information content (AvgIpc) is 2.43. The third kappa shape index (κ3) is 3.29. The summed E-state index contributed by atoms with van der Waals surface area (Å²) in [6, 6.07) is 11.1. The zero-order chi connectivity index (χ0) is 13.8. The summed E-state index contributed by atoms with van der Waals surface area (Å²) in [6.45, 7) is 1.89. The van der Waals surface area contributed by atoms with Gasteiger partial charge in [0.15, 0.2) is 11.6 Å². The first kappa shape index (κ1) is 13.5. The number of halogens is 2. The van der Waals surface area contributed by atoms with Crippen LogP contribution in [0.5, 0.6) is 0 Å². The predicted molar refractivity (Wildman–Crippen MR) is 70.8 cm³/mol. The third-order valence-electron chi connectivity index (χ3n) is 2.94. The van der Waals surface area contributed by atoms with Crippen molar-refractivity contribution in [3.8, 4) is 0 Å². The zero-order valence-electron chi connectivity index (χ0n) is 10.5. The van der Waals surface area contributed by atoms with Crippen molar-refractivity contribution >= 4 is 5.69 Å². The highest BCUT2D eigenvalue weighted by molar-refractivity contribution is 5.46. The van der Waals surface area contributed by atoms with Crippen molar-refractivity contribution in [1.29, 1.82) is 0 Å². The number of anilines is 1. The van der Waals surface area contributed by atoms with E-state index in [1.54, 1.807) is 0 Å². The highest BCUT2D eigenvalue weighted by Gasteiger charge is 2.08. The van der Waals surface area contributed by atoms with E-state index in [2.05, 4.69) is 5.32 Å². The monoisotopic (exact) mass is 263 g/mol. The molecule has 2 nitrogen and oxygen atoms in total. The molecule has 19 heavy (non-hydrogen) atoms. The molecule has 4 heteroatoms. The molecule has 0 aliphatic carbocycles. The minimum atomic E-state index is -0.874. The fourth-order valence-electron chi connectivity index (χ4n) is 1.88. The normalized spacial score (nSPS) is 12.2. The van der Waals surface area contributed by atoms with Crippen LogP contribution in [0.2, 0.25) is 0 Å². The predicted octanol–water partition coefficient (Wildman–Crippen LogP) is 3.63. The van der Waals surface area contributed by atoms with Crippen molar-refractivity contribution in [2.75, 3.05) is 5.32 Å². The maximum atomic E-state index is 13.1. The quantitative estimate of drug-likeness (QED) is 0.882. The van der Waals surface area contributed by atoms with Gasteiger partial charge in [0.05, 0.1) is 6.61 Å². The van der Waals surface area contributed by atoms with Crippen molar-refractivity contribution in [2.45, 2.75) is 19.6 Å². The molecule has 0 spiro atoms. The molecule has 0 amide bonds. The standard InChI is InChI=1S/C15H15F2NO/c1-10(12-4-2-3-11(7-12)9-19)18-13-5-6-14(16)15(17)8-13/h2-8,10,18-19H,9H2,1H3. The molecule has 2 rings (SSSR count). The Labute approximate surface area is 110 Å². The summed E-state index contributed by atoms with van der Waals surface area (Å²) < 4.78 is 25.9. The Morgan fingerprint density at radius 2 is 1.89 bits per heavy atom. The largest absolute Gasteiger partial charge is 0.392 e. The van der Waals surface area contributed by atoms with Crippen molar-refractivity contribution in [1.82, 2.24) is 0 Å². The second kappa shape index (κ2) is 5.80. The van der Waals surface area contributed by atoms with E-state index in [0.29, 0.717) is 5.69 Å². The van der Waals surface area contributed by atoms with Crippen LogP contribution in [0.4, 0.5) is 14.5 Å². The number of rotatable bonds is 4. The van der Waals surface area contributed by atoms with Crippen LogP contribution in [0.1, 0.15) is 24.1 Å². The van der Waals surface area contributed by atoms with Crippen LogP contribution in [-0.2, 0) is 6.61 Å². The van der Waals surface area contributed by atoms with Crippen molar-refractivity contribution in [3.63, 3.8) is 0 Å². The van der Waals surface area contributed by atoms with Gasteiger partial charge in [-0.25, -0.2) is 8.78 Å². The van der Waals surface area contributed by atoms with E-state index in [1.807, 2.05) is 31.2 Å². The minimum absolute atomic E-state index is 0.0221. The molecule has 100 valence electrons. The Morgan fingerprint density at radius 3 is 2.58 bits per heavy atom. The van der Waals surface area contributed by atoms with Gasteiger partial charge in [-0.2, -0.15) is 0 Å². The molecule has 0 bridgehead atoms. The molecule has 2 aromatic carbocycles. The summed E-state index contributed by atoms with van der Waals surface area (Å²) in [5.74, 6) is -1.73. The first-order valence-electron chi connectivity index (χ1n) is 6.01. The van der Waals surface area contributed by atoms with E-state index in [-0.39, 0.29) is 12.6 Å². The Balaban J connectivity index is 2.15. The molecule has 2 aromatic rings. The van der Waals surface area contributed by atoms with E-state index in [4.69, 9.17) is 5.11 Å². The minimum Gasteiger partial charge on any atom is -0.392 e. The first-order chi connectivity index (χ1) is 9.10. The lowest BCUT2D eigenvalue weighted by atomic mass is 10.1. The Hall–Kier alpha value is -1.94. The lowest BCUT2D eigenvalue weighted by Crippen LogP contribution is -2.07. The second-order valence-corrected chi connectivity index (χ2v) is 4.40. The molecule has 0 aromatic heterocycles. The number of hydrogen-bond acceptors (Lipinski definition) is 2. The van der Waals surface area contributed by atoms with E-state index in [9.17, 15) is 8.78 Å². The molecule has 0 heterocycles. The highest BCUT2D eigenvalue weighted by atomic mass is 19.2. The summed E-state index contributed by atoms with van der Waals surface area (Å²) in [7, 11) is 0. The lowest BCUT2D eigenvalue weighted by Gasteiger charge is -2.16. The van der Waals surface area contributed by atoms with Gasteiger partial charge in [0.2, 0.25) is 0 Å². The van der Waals surface area contributed by atoms with Gasteiger partial charge in [-0.05, 0) is 30.2 Å². The number of aliphatic hydroxyl groups is 1. The number of nitrogens with one attached hydrogen (secondary N) is 1. The van der Waals surface area contributed by atoms with Crippen LogP contribution < -0.4 is 5.32 Å². The summed E-state index contributed by atoms with van der Waals surface area (Å²) in [6.07, 6.45) is 0. The fourth-order valence-corrected chi connectivity index (χ4v) is 1.88. The van der Waals surface area contributed by atoms with E-state index in [1.165, 1.54) is 6.07 Å². The third-order valence-corrected chi connectivity index (χ3v) is 2.94. The summed E-state index contributed by atoms with van der Waals surface area (Å²) in [4.78, 5) is 0. The van der Waals surface area contributed by atoms with Crippen molar-refractivity contribution in [2.24, 2.45) is 0 Å². The topological polar surface area (TPSA) is 32.3 Å². The number of hydrogen-bond donors (Lipinski definition) is 2. The number of aliphatic hydroxyl groups excluding tert-OH is 1. The lowest BCUT2D eigenvalue weighted by molar-refractivity contribution is 0.281. The van der Waals surface area contributed by atoms with Crippen LogP contribution in [0.3, 0.4) is 0 Å². The van der Waals surface area contributed by atoms with Gasteiger partial charge in [-0.15, -0.1) is 0 Å². The zero-order valence-corrected chi connectivity index (χ0v) is 10.5. The van der Waals surface area contributed by atoms with Crippen LogP contribution >= 0.6 is 0 Å². The molecule has 1 unspecified atom stereocenters. The fraction of sp³-hybridized carbons (Fsp3) is 0.200. The van der Waals surface area contributed by atoms with Gasteiger partial charge < -0.3 is 10.4 Å². The molecular weight excluding hydrogens is 248 g/mol. The molecular formula is C15H15F2NO. The van der Waals surface area contributed by atoms with Gasteiger partial charge in [-0.3, -0.25) is 0 Å².